The summed E-state index contributed by atoms with van der Waals surface area (Å²) in [5.41, 5.74) is 0. The Labute approximate surface area is 172 Å². The highest BCUT2D eigenvalue weighted by Crippen LogP contribution is 2.30. The van der Waals surface area contributed by atoms with E-state index in [1.807, 2.05) is 0 Å². The number of rotatable bonds is 6. The summed E-state index contributed by atoms with van der Waals surface area (Å²) in [6.45, 7) is 0.905. The van der Waals surface area contributed by atoms with Crippen molar-refractivity contribution in [3.8, 4) is 11.5 Å². The van der Waals surface area contributed by atoms with E-state index < -0.39 is 68.0 Å². The summed E-state index contributed by atoms with van der Waals surface area (Å²) in [6.07, 6.45) is -13.8. The predicted octanol–water partition coefficient (Wildman–Crippen LogP) is -2.27. The van der Waals surface area contributed by atoms with Crippen LogP contribution in [0.25, 0.3) is 0 Å². The van der Waals surface area contributed by atoms with Gasteiger partial charge in [-0.15, -0.1) is 0 Å². The number of benzene rings is 1. The molecule has 30 heavy (non-hydrogen) atoms. The summed E-state index contributed by atoms with van der Waals surface area (Å²) >= 11 is 0. The average molecular weight is 432 g/mol. The van der Waals surface area contributed by atoms with E-state index in [9.17, 15) is 30.6 Å². The molecule has 1 aromatic carbocycles. The van der Waals surface area contributed by atoms with Gasteiger partial charge in [-0.25, -0.2) is 0 Å². The number of hydrogen-bond donors (Lipinski definition) is 6. The third kappa shape index (κ3) is 4.69. The Morgan fingerprint density at radius 2 is 1.43 bits per heavy atom. The van der Waals surface area contributed by atoms with E-state index in [0.29, 0.717) is 11.5 Å². The van der Waals surface area contributed by atoms with Crippen molar-refractivity contribution in [2.24, 2.45) is 0 Å². The molecule has 2 fully saturated rings. The van der Waals surface area contributed by atoms with Crippen LogP contribution in [0.3, 0.4) is 0 Å². The van der Waals surface area contributed by atoms with Gasteiger partial charge in [0.2, 0.25) is 6.29 Å². The molecule has 0 aliphatic carbocycles. The Morgan fingerprint density at radius 3 is 2.03 bits per heavy atom. The standard InChI is InChI=1S/C19H28O11/c1-8-12(21)15(24)17(19(27-8)28-10-5-3-9(26-2)4-6-10)30-18-16(25)14(23)13(22)11(7-20)29-18/h3-6,8,11-25H,7H2,1-2H3/t8-,11+,12-,13-,14-,15+,16+,17+,18-,19-/m0/s1. The van der Waals surface area contributed by atoms with Crippen molar-refractivity contribution in [3.63, 3.8) is 0 Å². The Bertz CT molecular complexity index is 669. The van der Waals surface area contributed by atoms with Crippen LogP contribution in [-0.2, 0) is 14.2 Å². The van der Waals surface area contributed by atoms with Gasteiger partial charge in [0.25, 0.3) is 0 Å². The molecule has 2 aliphatic rings. The smallest absolute Gasteiger partial charge is 0.229 e. The third-order valence-electron chi connectivity index (χ3n) is 5.24. The first kappa shape index (κ1) is 23.1. The van der Waals surface area contributed by atoms with Crippen molar-refractivity contribution in [3.05, 3.63) is 24.3 Å². The Kier molecular flexibility index (Phi) is 7.50. The largest absolute Gasteiger partial charge is 0.497 e. The monoisotopic (exact) mass is 432 g/mol. The van der Waals surface area contributed by atoms with E-state index in [4.69, 9.17) is 23.7 Å². The summed E-state index contributed by atoms with van der Waals surface area (Å²) in [5, 5.41) is 60.1. The molecule has 11 heteroatoms. The number of methoxy groups -OCH3 is 1. The molecule has 0 unspecified atom stereocenters. The first-order valence-electron chi connectivity index (χ1n) is 9.55. The van der Waals surface area contributed by atoms with Crippen LogP contribution in [0.5, 0.6) is 11.5 Å². The molecule has 0 saturated carbocycles. The zero-order valence-corrected chi connectivity index (χ0v) is 16.5. The zero-order valence-electron chi connectivity index (χ0n) is 16.5. The molecular formula is C19H28O11. The van der Waals surface area contributed by atoms with Crippen molar-refractivity contribution < 1.29 is 54.3 Å². The fraction of sp³-hybridized carbons (Fsp3) is 0.684. The topological polar surface area (TPSA) is 168 Å². The van der Waals surface area contributed by atoms with Crippen LogP contribution in [0.4, 0.5) is 0 Å². The highest BCUT2D eigenvalue weighted by atomic mass is 16.8. The van der Waals surface area contributed by atoms with Crippen LogP contribution in [0.1, 0.15) is 6.92 Å². The van der Waals surface area contributed by atoms with Gasteiger partial charge in [0, 0.05) is 0 Å². The molecule has 0 aromatic heterocycles. The van der Waals surface area contributed by atoms with E-state index in [1.54, 1.807) is 31.2 Å². The van der Waals surface area contributed by atoms with Gasteiger partial charge in [-0.05, 0) is 31.2 Å². The summed E-state index contributed by atoms with van der Waals surface area (Å²) in [5.74, 6) is 0.962. The molecule has 1 aromatic rings. The normalized spacial score (nSPS) is 42.0. The Balaban J connectivity index is 1.78. The van der Waals surface area contributed by atoms with E-state index in [0.717, 1.165) is 0 Å². The van der Waals surface area contributed by atoms with Gasteiger partial charge in [0.1, 0.15) is 48.1 Å². The zero-order chi connectivity index (χ0) is 22.0. The van der Waals surface area contributed by atoms with Crippen molar-refractivity contribution in [2.45, 2.75) is 68.3 Å². The van der Waals surface area contributed by atoms with Crippen LogP contribution in [0.2, 0.25) is 0 Å². The lowest BCUT2D eigenvalue weighted by molar-refractivity contribution is -0.355. The molecule has 10 atom stereocenters. The molecule has 6 N–H and O–H groups in total. The number of ether oxygens (including phenoxy) is 5. The maximum atomic E-state index is 10.5. The lowest BCUT2D eigenvalue weighted by Gasteiger charge is -2.45. The molecule has 170 valence electrons. The minimum absolute atomic E-state index is 0.360. The minimum atomic E-state index is -1.69. The SMILES string of the molecule is COc1ccc(O[C@@H]2O[C@@H](C)[C@H](O)[C@@H](O)[C@H]2O[C@@H]2O[C@H](CO)[C@H](O)[C@H](O)[C@H]2O)cc1. The lowest BCUT2D eigenvalue weighted by atomic mass is 9.97. The van der Waals surface area contributed by atoms with Gasteiger partial charge in [-0.3, -0.25) is 0 Å². The first-order chi connectivity index (χ1) is 14.3. The highest BCUT2D eigenvalue weighted by molar-refractivity contribution is 5.31. The van der Waals surface area contributed by atoms with Gasteiger partial charge in [-0.1, -0.05) is 0 Å². The van der Waals surface area contributed by atoms with Crippen molar-refractivity contribution in [1.82, 2.24) is 0 Å². The second-order valence-corrected chi connectivity index (χ2v) is 7.28. The Morgan fingerprint density at radius 1 is 0.800 bits per heavy atom. The predicted molar refractivity (Wildman–Crippen MR) is 98.6 cm³/mol. The van der Waals surface area contributed by atoms with Crippen LogP contribution in [0, 0.1) is 0 Å². The van der Waals surface area contributed by atoms with E-state index >= 15 is 0 Å². The third-order valence-corrected chi connectivity index (χ3v) is 5.24. The van der Waals surface area contributed by atoms with Gasteiger partial charge in [0.15, 0.2) is 12.4 Å². The van der Waals surface area contributed by atoms with Gasteiger partial charge in [-0.2, -0.15) is 0 Å². The molecule has 2 saturated heterocycles. The van der Waals surface area contributed by atoms with Gasteiger partial charge >= 0.3 is 0 Å². The molecule has 2 heterocycles. The van der Waals surface area contributed by atoms with Crippen LogP contribution in [0.15, 0.2) is 24.3 Å². The quantitative estimate of drug-likeness (QED) is 0.287. The number of hydrogen-bond acceptors (Lipinski definition) is 11. The fourth-order valence-corrected chi connectivity index (χ4v) is 3.37. The second-order valence-electron chi connectivity index (χ2n) is 7.28. The van der Waals surface area contributed by atoms with Gasteiger partial charge < -0.3 is 54.3 Å². The van der Waals surface area contributed by atoms with Crippen LogP contribution >= 0.6 is 0 Å². The molecule has 11 nitrogen and oxygen atoms in total. The van der Waals surface area contributed by atoms with E-state index in [-0.39, 0.29) is 0 Å². The summed E-state index contributed by atoms with van der Waals surface area (Å²) in [6, 6.07) is 6.52. The van der Waals surface area contributed by atoms with E-state index in [2.05, 4.69) is 0 Å². The lowest BCUT2D eigenvalue weighted by Crippen LogP contribution is -2.64. The first-order valence-corrected chi connectivity index (χ1v) is 9.55. The number of aliphatic hydroxyl groups excluding tert-OH is 6. The number of aliphatic hydroxyl groups is 6. The summed E-state index contributed by atoms with van der Waals surface area (Å²) < 4.78 is 27.4. The van der Waals surface area contributed by atoms with Gasteiger partial charge in [0.05, 0.1) is 19.8 Å². The van der Waals surface area contributed by atoms with Crippen molar-refractivity contribution in [2.75, 3.05) is 13.7 Å². The van der Waals surface area contributed by atoms with Crippen molar-refractivity contribution in [1.29, 1.82) is 0 Å². The summed E-state index contributed by atoms with van der Waals surface area (Å²) in [4.78, 5) is 0. The molecular weight excluding hydrogens is 404 g/mol. The molecule has 2 aliphatic heterocycles. The summed E-state index contributed by atoms with van der Waals surface area (Å²) in [7, 11) is 1.52. The average Bonchev–Trinajstić information content (AvgIpc) is 2.75. The molecule has 0 bridgehead atoms. The molecule has 0 spiro atoms. The maximum Gasteiger partial charge on any atom is 0.229 e. The van der Waals surface area contributed by atoms with Crippen LogP contribution in [-0.4, -0.2) is 106 Å². The van der Waals surface area contributed by atoms with E-state index in [1.165, 1.54) is 7.11 Å². The molecule has 0 radical (unpaired) electrons. The Hall–Kier alpha value is -1.54. The molecule has 0 amide bonds. The second kappa shape index (κ2) is 9.73. The highest BCUT2D eigenvalue weighted by Gasteiger charge is 2.50. The van der Waals surface area contributed by atoms with Crippen molar-refractivity contribution >= 4 is 0 Å². The maximum absolute atomic E-state index is 10.5. The van der Waals surface area contributed by atoms with Crippen LogP contribution < -0.4 is 9.47 Å². The fourth-order valence-electron chi connectivity index (χ4n) is 3.37. The minimum Gasteiger partial charge on any atom is -0.497 e. The molecule has 3 rings (SSSR count).